The van der Waals surface area contributed by atoms with Crippen LogP contribution in [0.4, 0.5) is 4.79 Å². The highest BCUT2D eigenvalue weighted by molar-refractivity contribution is 8.18. The number of carbonyl (C=O) groups excluding carboxylic acids is 2. The molecule has 24 heavy (non-hydrogen) atoms. The van der Waals surface area contributed by atoms with Gasteiger partial charge in [-0.15, -0.1) is 0 Å². The summed E-state index contributed by atoms with van der Waals surface area (Å²) in [5.41, 5.74) is 2.10. The average molecular weight is 344 g/mol. The molecule has 0 bridgehead atoms. The average Bonchev–Trinajstić information content (AvgIpc) is 3.07. The van der Waals surface area contributed by atoms with Crippen molar-refractivity contribution >= 4 is 39.9 Å². The molecule has 126 valence electrons. The molecule has 0 radical (unpaired) electrons. The summed E-state index contributed by atoms with van der Waals surface area (Å²) in [4.78, 5) is 26.4. The molecule has 0 N–H and O–H groups in total. The molecule has 1 aliphatic heterocycles. The summed E-state index contributed by atoms with van der Waals surface area (Å²) in [7, 11) is 1.61. The number of aryl methyl sites for hydroxylation is 1. The molecule has 1 aromatic heterocycles. The lowest BCUT2D eigenvalue weighted by molar-refractivity contribution is -0.122. The zero-order valence-corrected chi connectivity index (χ0v) is 14.6. The summed E-state index contributed by atoms with van der Waals surface area (Å²) >= 11 is 1.01. The number of hydrogen-bond acceptors (Lipinski definition) is 4. The number of carbonyl (C=O) groups is 2. The third-order valence-electron chi connectivity index (χ3n) is 4.05. The molecule has 5 nitrogen and oxygen atoms in total. The molecule has 0 unspecified atom stereocenters. The van der Waals surface area contributed by atoms with Gasteiger partial charge >= 0.3 is 0 Å². The van der Waals surface area contributed by atoms with Gasteiger partial charge in [-0.3, -0.25) is 14.5 Å². The lowest BCUT2D eigenvalue weighted by Crippen LogP contribution is -2.29. The van der Waals surface area contributed by atoms with Gasteiger partial charge in [-0.2, -0.15) is 0 Å². The standard InChI is InChI=1S/C18H20N2O3S/c1-3-19-12-13(14-7-4-5-8-15(14)19)11-16-17(21)20(18(22)24-16)9-6-10-23-2/h4-5,7-8,11-12H,3,6,9-10H2,1-2H3/b16-11+. The third-order valence-corrected chi connectivity index (χ3v) is 4.96. The molecule has 0 saturated carbocycles. The van der Waals surface area contributed by atoms with Crippen molar-refractivity contribution < 1.29 is 14.3 Å². The molecule has 1 aromatic carbocycles. The number of benzene rings is 1. The zero-order chi connectivity index (χ0) is 17.1. The normalized spacial score (nSPS) is 16.8. The van der Waals surface area contributed by atoms with E-state index in [1.54, 1.807) is 7.11 Å². The van der Waals surface area contributed by atoms with Gasteiger partial charge in [-0.25, -0.2) is 0 Å². The minimum atomic E-state index is -0.213. The predicted molar refractivity (Wildman–Crippen MR) is 96.8 cm³/mol. The fourth-order valence-corrected chi connectivity index (χ4v) is 3.71. The predicted octanol–water partition coefficient (Wildman–Crippen LogP) is 3.73. The number of para-hydroxylation sites is 1. The van der Waals surface area contributed by atoms with E-state index < -0.39 is 0 Å². The van der Waals surface area contributed by atoms with Crippen molar-refractivity contribution in [2.24, 2.45) is 0 Å². The van der Waals surface area contributed by atoms with Gasteiger partial charge in [0.15, 0.2) is 0 Å². The Bertz CT molecular complexity index is 810. The van der Waals surface area contributed by atoms with Crippen molar-refractivity contribution in [3.63, 3.8) is 0 Å². The Balaban J connectivity index is 1.89. The fraction of sp³-hybridized carbons (Fsp3) is 0.333. The van der Waals surface area contributed by atoms with Crippen molar-refractivity contribution in [3.05, 3.63) is 40.9 Å². The first-order chi connectivity index (χ1) is 11.7. The number of imide groups is 1. The highest BCUT2D eigenvalue weighted by Crippen LogP contribution is 2.34. The number of ether oxygens (including phenoxy) is 1. The van der Waals surface area contributed by atoms with Crippen LogP contribution in [0.3, 0.4) is 0 Å². The molecule has 2 heterocycles. The Labute approximate surface area is 145 Å². The van der Waals surface area contributed by atoms with E-state index in [1.807, 2.05) is 30.5 Å². The Morgan fingerprint density at radius 3 is 2.79 bits per heavy atom. The van der Waals surface area contributed by atoms with E-state index >= 15 is 0 Å². The second kappa shape index (κ2) is 7.23. The number of fused-ring (bicyclic) bond motifs is 1. The van der Waals surface area contributed by atoms with E-state index in [0.717, 1.165) is 34.8 Å². The lowest BCUT2D eigenvalue weighted by atomic mass is 10.1. The van der Waals surface area contributed by atoms with E-state index in [4.69, 9.17) is 4.74 Å². The molecule has 6 heteroatoms. The van der Waals surface area contributed by atoms with Gasteiger partial charge < -0.3 is 9.30 Å². The van der Waals surface area contributed by atoms with Gasteiger partial charge in [-0.1, -0.05) is 18.2 Å². The Morgan fingerprint density at radius 1 is 1.25 bits per heavy atom. The van der Waals surface area contributed by atoms with E-state index in [1.165, 1.54) is 4.90 Å². The summed E-state index contributed by atoms with van der Waals surface area (Å²) in [6.45, 7) is 3.87. The minimum Gasteiger partial charge on any atom is -0.385 e. The van der Waals surface area contributed by atoms with Crippen LogP contribution in [-0.4, -0.2) is 40.9 Å². The first-order valence-corrected chi connectivity index (χ1v) is 8.79. The monoisotopic (exact) mass is 344 g/mol. The summed E-state index contributed by atoms with van der Waals surface area (Å²) in [5.74, 6) is -0.213. The molecule has 0 atom stereocenters. The van der Waals surface area contributed by atoms with Crippen LogP contribution < -0.4 is 0 Å². The number of rotatable bonds is 6. The van der Waals surface area contributed by atoms with Crippen molar-refractivity contribution in [2.45, 2.75) is 19.9 Å². The van der Waals surface area contributed by atoms with E-state index in [9.17, 15) is 9.59 Å². The molecule has 1 fully saturated rings. The molecular weight excluding hydrogens is 324 g/mol. The van der Waals surface area contributed by atoms with Gasteiger partial charge in [0.25, 0.3) is 11.1 Å². The van der Waals surface area contributed by atoms with Gasteiger partial charge in [0.2, 0.25) is 0 Å². The van der Waals surface area contributed by atoms with Crippen molar-refractivity contribution in [2.75, 3.05) is 20.3 Å². The molecule has 1 saturated heterocycles. The second-order valence-corrected chi connectivity index (χ2v) is 6.56. The summed E-state index contributed by atoms with van der Waals surface area (Å²) in [5, 5.41) is 0.882. The molecule has 3 rings (SSSR count). The van der Waals surface area contributed by atoms with Gasteiger partial charge in [0, 0.05) is 49.5 Å². The van der Waals surface area contributed by atoms with E-state index in [2.05, 4.69) is 17.6 Å². The summed E-state index contributed by atoms with van der Waals surface area (Å²) in [6.07, 6.45) is 4.51. The third kappa shape index (κ3) is 3.12. The van der Waals surface area contributed by atoms with Crippen LogP contribution in [0.15, 0.2) is 35.4 Å². The van der Waals surface area contributed by atoms with Crippen LogP contribution in [0.2, 0.25) is 0 Å². The maximum absolute atomic E-state index is 12.5. The maximum atomic E-state index is 12.5. The largest absolute Gasteiger partial charge is 0.385 e. The lowest BCUT2D eigenvalue weighted by Gasteiger charge is -2.11. The Kier molecular flexibility index (Phi) is 5.06. The first-order valence-electron chi connectivity index (χ1n) is 7.98. The molecule has 2 amide bonds. The van der Waals surface area contributed by atoms with Crippen LogP contribution in [-0.2, 0) is 16.1 Å². The van der Waals surface area contributed by atoms with Crippen molar-refractivity contribution in [1.82, 2.24) is 9.47 Å². The number of thioether (sulfide) groups is 1. The first kappa shape index (κ1) is 16.8. The Morgan fingerprint density at radius 2 is 2.04 bits per heavy atom. The number of hydrogen-bond donors (Lipinski definition) is 0. The van der Waals surface area contributed by atoms with Crippen LogP contribution in [0.1, 0.15) is 18.9 Å². The van der Waals surface area contributed by atoms with Gasteiger partial charge in [0.05, 0.1) is 4.91 Å². The van der Waals surface area contributed by atoms with E-state index in [-0.39, 0.29) is 11.1 Å². The molecule has 0 aliphatic carbocycles. The Hall–Kier alpha value is -2.05. The topological polar surface area (TPSA) is 51.5 Å². The quantitative estimate of drug-likeness (QED) is 0.592. The molecule has 0 spiro atoms. The fourth-order valence-electron chi connectivity index (χ4n) is 2.85. The highest BCUT2D eigenvalue weighted by Gasteiger charge is 2.34. The van der Waals surface area contributed by atoms with Gasteiger partial charge in [-0.05, 0) is 37.2 Å². The number of aromatic nitrogens is 1. The molecular formula is C18H20N2O3S. The van der Waals surface area contributed by atoms with Crippen LogP contribution in [0, 0.1) is 0 Å². The van der Waals surface area contributed by atoms with Gasteiger partial charge in [0.1, 0.15) is 0 Å². The van der Waals surface area contributed by atoms with E-state index in [0.29, 0.717) is 24.5 Å². The number of amides is 2. The molecule has 2 aromatic rings. The highest BCUT2D eigenvalue weighted by atomic mass is 32.2. The van der Waals surface area contributed by atoms with Crippen molar-refractivity contribution in [3.8, 4) is 0 Å². The number of methoxy groups -OCH3 is 1. The SMILES string of the molecule is CCn1cc(/C=C2/SC(=O)N(CCCOC)C2=O)c2ccccc21. The molecule has 1 aliphatic rings. The van der Waals surface area contributed by atoms with Crippen LogP contribution >= 0.6 is 11.8 Å². The number of nitrogens with zero attached hydrogens (tertiary/aromatic N) is 2. The summed E-state index contributed by atoms with van der Waals surface area (Å²) < 4.78 is 7.13. The van der Waals surface area contributed by atoms with Crippen molar-refractivity contribution in [1.29, 1.82) is 0 Å². The zero-order valence-electron chi connectivity index (χ0n) is 13.8. The maximum Gasteiger partial charge on any atom is 0.293 e. The minimum absolute atomic E-state index is 0.207. The smallest absolute Gasteiger partial charge is 0.293 e. The summed E-state index contributed by atoms with van der Waals surface area (Å²) in [6, 6.07) is 8.08. The second-order valence-electron chi connectivity index (χ2n) is 5.57. The van der Waals surface area contributed by atoms with Crippen LogP contribution in [0.5, 0.6) is 0 Å². The van der Waals surface area contributed by atoms with Crippen LogP contribution in [0.25, 0.3) is 17.0 Å².